The number of nitrogens with one attached hydrogen (secondary N) is 2. The van der Waals surface area contributed by atoms with Crippen LogP contribution in [0.5, 0.6) is 0 Å². The molecule has 0 bridgehead atoms. The van der Waals surface area contributed by atoms with E-state index in [-0.39, 0.29) is 11.9 Å². The molecule has 1 amide bonds. The summed E-state index contributed by atoms with van der Waals surface area (Å²) in [5.74, 6) is 0.00479. The lowest BCUT2D eigenvalue weighted by molar-refractivity contribution is -0.116. The first-order valence-corrected chi connectivity index (χ1v) is 6.94. The van der Waals surface area contributed by atoms with Crippen molar-refractivity contribution in [3.63, 3.8) is 0 Å². The summed E-state index contributed by atoms with van der Waals surface area (Å²) in [6.45, 7) is 4.17. The van der Waals surface area contributed by atoms with E-state index < -0.39 is 0 Å². The minimum Gasteiger partial charge on any atom is -0.370 e. The van der Waals surface area contributed by atoms with Crippen molar-refractivity contribution >= 4 is 17.3 Å². The first kappa shape index (κ1) is 12.7. The number of rotatable bonds is 3. The summed E-state index contributed by atoms with van der Waals surface area (Å²) >= 11 is 0. The van der Waals surface area contributed by atoms with Crippen LogP contribution in [0.3, 0.4) is 0 Å². The second kappa shape index (κ2) is 5.00. The molecule has 2 aromatic carbocycles. The van der Waals surface area contributed by atoms with E-state index in [1.807, 2.05) is 31.2 Å². The molecule has 0 aliphatic carbocycles. The van der Waals surface area contributed by atoms with Crippen LogP contribution < -0.4 is 10.6 Å². The maximum atomic E-state index is 12.1. The number of aryl methyl sites for hydroxylation is 2. The fourth-order valence-corrected chi connectivity index (χ4v) is 2.53. The Morgan fingerprint density at radius 3 is 2.60 bits per heavy atom. The molecule has 0 radical (unpaired) electrons. The number of carbonyl (C=O) groups is 1. The van der Waals surface area contributed by atoms with Crippen molar-refractivity contribution < 1.29 is 4.79 Å². The van der Waals surface area contributed by atoms with Gasteiger partial charge in [0.15, 0.2) is 0 Å². The molecule has 3 nitrogen and oxygen atoms in total. The Kier molecular flexibility index (Phi) is 3.18. The normalized spacial score (nSPS) is 16.7. The number of hydrogen-bond acceptors (Lipinski definition) is 2. The lowest BCUT2D eigenvalue weighted by atomic mass is 10.0. The first-order chi connectivity index (χ1) is 9.67. The summed E-state index contributed by atoms with van der Waals surface area (Å²) in [6, 6.07) is 14.0. The van der Waals surface area contributed by atoms with E-state index >= 15 is 0 Å². The molecule has 3 rings (SSSR count). The predicted octanol–water partition coefficient (Wildman–Crippen LogP) is 3.66. The van der Waals surface area contributed by atoms with Gasteiger partial charge in [-0.25, -0.2) is 0 Å². The molecule has 1 aliphatic rings. The largest absolute Gasteiger partial charge is 0.370 e. The molecule has 1 atom stereocenters. The zero-order valence-electron chi connectivity index (χ0n) is 11.7. The third-order valence-electron chi connectivity index (χ3n) is 3.71. The number of hydrogen-bond donors (Lipinski definition) is 2. The van der Waals surface area contributed by atoms with Crippen molar-refractivity contribution in [3.8, 4) is 0 Å². The molecule has 102 valence electrons. The van der Waals surface area contributed by atoms with Gasteiger partial charge in [0.2, 0.25) is 0 Å². The molecule has 1 unspecified atom stereocenters. The molecule has 2 aromatic rings. The van der Waals surface area contributed by atoms with Crippen LogP contribution in [0.4, 0.5) is 11.4 Å². The Morgan fingerprint density at radius 1 is 1.15 bits per heavy atom. The highest BCUT2D eigenvalue weighted by molar-refractivity contribution is 6.04. The Labute approximate surface area is 119 Å². The van der Waals surface area contributed by atoms with Gasteiger partial charge in [-0.1, -0.05) is 36.8 Å². The standard InChI is InChI=1S/C17H18N2O/c1-3-12-5-7-13(8-6-12)18-16-14-10-11(2)4-9-15(14)19-17(16)20/h4-10,16,18H,3H2,1-2H3,(H,19,20). The Bertz CT molecular complexity index is 647. The number of anilines is 2. The highest BCUT2D eigenvalue weighted by atomic mass is 16.2. The molecule has 2 N–H and O–H groups in total. The average Bonchev–Trinajstić information content (AvgIpc) is 2.76. The van der Waals surface area contributed by atoms with Crippen LogP contribution in [0.2, 0.25) is 0 Å². The SMILES string of the molecule is CCc1ccc(NC2C(=O)Nc3ccc(C)cc32)cc1. The van der Waals surface area contributed by atoms with Crippen molar-refractivity contribution in [1.82, 2.24) is 0 Å². The fraction of sp³-hybridized carbons (Fsp3) is 0.235. The van der Waals surface area contributed by atoms with Crippen LogP contribution in [0.15, 0.2) is 42.5 Å². The molecule has 3 heteroatoms. The van der Waals surface area contributed by atoms with E-state index in [0.717, 1.165) is 28.9 Å². The van der Waals surface area contributed by atoms with Gasteiger partial charge in [0.1, 0.15) is 6.04 Å². The molecule has 0 saturated heterocycles. The van der Waals surface area contributed by atoms with Gasteiger partial charge in [-0.15, -0.1) is 0 Å². The zero-order valence-corrected chi connectivity index (χ0v) is 11.7. The molecule has 0 spiro atoms. The van der Waals surface area contributed by atoms with Crippen molar-refractivity contribution in [2.75, 3.05) is 10.6 Å². The molecule has 0 aromatic heterocycles. The lowest BCUT2D eigenvalue weighted by Gasteiger charge is -2.13. The molecule has 1 aliphatic heterocycles. The molecule has 1 heterocycles. The predicted molar refractivity (Wildman–Crippen MR) is 82.0 cm³/mol. The van der Waals surface area contributed by atoms with Gasteiger partial charge in [0.25, 0.3) is 5.91 Å². The number of carbonyl (C=O) groups excluding carboxylic acids is 1. The molecule has 0 fully saturated rings. The monoisotopic (exact) mass is 266 g/mol. The molecular formula is C17H18N2O. The van der Waals surface area contributed by atoms with E-state index in [9.17, 15) is 4.79 Å². The first-order valence-electron chi connectivity index (χ1n) is 6.94. The van der Waals surface area contributed by atoms with E-state index in [4.69, 9.17) is 0 Å². The van der Waals surface area contributed by atoms with E-state index in [1.165, 1.54) is 5.56 Å². The Balaban J connectivity index is 1.87. The second-order valence-electron chi connectivity index (χ2n) is 5.21. The lowest BCUT2D eigenvalue weighted by Crippen LogP contribution is -2.19. The fourth-order valence-electron chi connectivity index (χ4n) is 2.53. The summed E-state index contributed by atoms with van der Waals surface area (Å²) < 4.78 is 0. The van der Waals surface area contributed by atoms with Gasteiger partial charge in [0, 0.05) is 16.9 Å². The minimum absolute atomic E-state index is 0.00479. The highest BCUT2D eigenvalue weighted by Gasteiger charge is 2.30. The maximum absolute atomic E-state index is 12.1. The highest BCUT2D eigenvalue weighted by Crippen LogP contribution is 2.33. The number of benzene rings is 2. The summed E-state index contributed by atoms with van der Waals surface area (Å²) in [6.07, 6.45) is 1.02. The van der Waals surface area contributed by atoms with Crippen LogP contribution in [0.1, 0.15) is 29.7 Å². The van der Waals surface area contributed by atoms with Gasteiger partial charge in [-0.2, -0.15) is 0 Å². The average molecular weight is 266 g/mol. The van der Waals surface area contributed by atoms with Gasteiger partial charge < -0.3 is 10.6 Å². The van der Waals surface area contributed by atoms with Crippen molar-refractivity contribution in [3.05, 3.63) is 59.2 Å². The van der Waals surface area contributed by atoms with Crippen molar-refractivity contribution in [1.29, 1.82) is 0 Å². The summed E-state index contributed by atoms with van der Waals surface area (Å²) in [5, 5.41) is 6.23. The maximum Gasteiger partial charge on any atom is 0.251 e. The van der Waals surface area contributed by atoms with Crippen LogP contribution in [-0.2, 0) is 11.2 Å². The molecule has 20 heavy (non-hydrogen) atoms. The van der Waals surface area contributed by atoms with Gasteiger partial charge in [-0.05, 0) is 37.1 Å². The topological polar surface area (TPSA) is 41.1 Å². The number of amides is 1. The van der Waals surface area contributed by atoms with Crippen LogP contribution in [-0.4, -0.2) is 5.91 Å². The smallest absolute Gasteiger partial charge is 0.251 e. The summed E-state index contributed by atoms with van der Waals surface area (Å²) in [7, 11) is 0. The summed E-state index contributed by atoms with van der Waals surface area (Å²) in [5.41, 5.74) is 5.35. The van der Waals surface area contributed by atoms with Crippen molar-refractivity contribution in [2.45, 2.75) is 26.3 Å². The third kappa shape index (κ3) is 2.27. The van der Waals surface area contributed by atoms with E-state index in [2.05, 4.69) is 35.8 Å². The van der Waals surface area contributed by atoms with E-state index in [0.29, 0.717) is 0 Å². The van der Waals surface area contributed by atoms with Crippen LogP contribution >= 0.6 is 0 Å². The van der Waals surface area contributed by atoms with E-state index in [1.54, 1.807) is 0 Å². The van der Waals surface area contributed by atoms with Gasteiger partial charge >= 0.3 is 0 Å². The second-order valence-corrected chi connectivity index (χ2v) is 5.21. The molecular weight excluding hydrogens is 248 g/mol. The zero-order chi connectivity index (χ0) is 14.1. The quantitative estimate of drug-likeness (QED) is 0.890. The van der Waals surface area contributed by atoms with Crippen LogP contribution in [0, 0.1) is 6.92 Å². The van der Waals surface area contributed by atoms with Gasteiger partial charge in [-0.3, -0.25) is 4.79 Å². The number of fused-ring (bicyclic) bond motifs is 1. The van der Waals surface area contributed by atoms with Crippen LogP contribution in [0.25, 0.3) is 0 Å². The minimum atomic E-state index is -0.308. The Hall–Kier alpha value is -2.29. The Morgan fingerprint density at radius 2 is 1.90 bits per heavy atom. The van der Waals surface area contributed by atoms with Gasteiger partial charge in [0.05, 0.1) is 0 Å². The molecule has 0 saturated carbocycles. The summed E-state index contributed by atoms with van der Waals surface area (Å²) in [4.78, 5) is 12.1. The third-order valence-corrected chi connectivity index (χ3v) is 3.71. The van der Waals surface area contributed by atoms with Crippen molar-refractivity contribution in [2.24, 2.45) is 0 Å².